The summed E-state index contributed by atoms with van der Waals surface area (Å²) in [5.41, 5.74) is 6.51. The van der Waals surface area contributed by atoms with Crippen molar-refractivity contribution in [3.8, 4) is 5.75 Å². The molecule has 6 heteroatoms. The summed E-state index contributed by atoms with van der Waals surface area (Å²) >= 11 is 3.45. The summed E-state index contributed by atoms with van der Waals surface area (Å²) < 4.78 is 6.57. The molecule has 1 saturated carbocycles. The molecule has 3 N–H and O–H groups in total. The zero-order valence-corrected chi connectivity index (χ0v) is 15.4. The van der Waals surface area contributed by atoms with Crippen LogP contribution in [-0.2, 0) is 4.79 Å². The van der Waals surface area contributed by atoms with Crippen LogP contribution in [0.15, 0.2) is 22.7 Å². The fourth-order valence-electron chi connectivity index (χ4n) is 2.87. The van der Waals surface area contributed by atoms with Gasteiger partial charge in [0.15, 0.2) is 0 Å². The number of ether oxygens (including phenoxy) is 1. The van der Waals surface area contributed by atoms with Crippen LogP contribution < -0.4 is 15.8 Å². The molecule has 0 heterocycles. The summed E-state index contributed by atoms with van der Waals surface area (Å²) in [6.45, 7) is 4.53. The Morgan fingerprint density at radius 2 is 2.14 bits per heavy atom. The molecule has 1 aromatic rings. The zero-order valence-electron chi connectivity index (χ0n) is 13.0. The number of benzene rings is 1. The van der Waals surface area contributed by atoms with Crippen LogP contribution in [0.2, 0.25) is 0 Å². The van der Waals surface area contributed by atoms with E-state index < -0.39 is 0 Å². The maximum Gasteiger partial charge on any atom is 0.227 e. The van der Waals surface area contributed by atoms with E-state index in [9.17, 15) is 4.79 Å². The minimum absolute atomic E-state index is 0. The largest absolute Gasteiger partial charge is 0.491 e. The van der Waals surface area contributed by atoms with Gasteiger partial charge in [-0.3, -0.25) is 4.79 Å². The summed E-state index contributed by atoms with van der Waals surface area (Å²) in [6.07, 6.45) is 3.16. The molecule has 0 bridgehead atoms. The van der Waals surface area contributed by atoms with E-state index in [0.717, 1.165) is 35.2 Å². The van der Waals surface area contributed by atoms with Gasteiger partial charge in [0.05, 0.1) is 6.10 Å². The first-order valence-electron chi connectivity index (χ1n) is 7.47. The molecule has 0 saturated heterocycles. The quantitative estimate of drug-likeness (QED) is 0.798. The monoisotopic (exact) mass is 390 g/mol. The fourth-order valence-corrected chi connectivity index (χ4v) is 3.35. The highest BCUT2D eigenvalue weighted by Gasteiger charge is 2.31. The molecule has 1 fully saturated rings. The minimum atomic E-state index is 0. The summed E-state index contributed by atoms with van der Waals surface area (Å²) in [5.74, 6) is 1.15. The second-order valence-corrected chi connectivity index (χ2v) is 6.78. The Labute approximate surface area is 146 Å². The Morgan fingerprint density at radius 3 is 2.77 bits per heavy atom. The van der Waals surface area contributed by atoms with Crippen LogP contribution in [-0.4, -0.2) is 18.6 Å². The molecule has 0 aliphatic heterocycles. The van der Waals surface area contributed by atoms with Crippen molar-refractivity contribution in [3.63, 3.8) is 0 Å². The molecule has 0 radical (unpaired) electrons. The fraction of sp³-hybridized carbons (Fsp3) is 0.562. The third-order valence-electron chi connectivity index (χ3n) is 3.81. The van der Waals surface area contributed by atoms with Gasteiger partial charge in [0.25, 0.3) is 0 Å². The van der Waals surface area contributed by atoms with Crippen molar-refractivity contribution in [3.05, 3.63) is 22.7 Å². The van der Waals surface area contributed by atoms with Crippen molar-refractivity contribution < 1.29 is 9.53 Å². The average Bonchev–Trinajstić information content (AvgIpc) is 2.85. The number of hydrogen-bond donors (Lipinski definition) is 2. The van der Waals surface area contributed by atoms with E-state index in [0.29, 0.717) is 12.5 Å². The van der Waals surface area contributed by atoms with Gasteiger partial charge in [0, 0.05) is 22.1 Å². The first-order chi connectivity index (χ1) is 9.99. The van der Waals surface area contributed by atoms with E-state index in [1.165, 1.54) is 0 Å². The number of amides is 1. The van der Waals surface area contributed by atoms with Gasteiger partial charge in [-0.2, -0.15) is 0 Å². The van der Waals surface area contributed by atoms with Gasteiger partial charge in [-0.05, 0) is 51.3 Å². The highest BCUT2D eigenvalue weighted by molar-refractivity contribution is 9.10. The van der Waals surface area contributed by atoms with Gasteiger partial charge in [-0.25, -0.2) is 0 Å². The Morgan fingerprint density at radius 1 is 1.41 bits per heavy atom. The average molecular weight is 392 g/mol. The number of anilines is 1. The summed E-state index contributed by atoms with van der Waals surface area (Å²) in [4.78, 5) is 12.4. The lowest BCUT2D eigenvalue weighted by Crippen LogP contribution is -2.29. The molecule has 2 atom stereocenters. The van der Waals surface area contributed by atoms with E-state index in [4.69, 9.17) is 10.5 Å². The molecule has 22 heavy (non-hydrogen) atoms. The Hall–Kier alpha value is -0.780. The lowest BCUT2D eigenvalue weighted by Gasteiger charge is -2.18. The summed E-state index contributed by atoms with van der Waals surface area (Å²) in [5, 5.41) is 3.00. The minimum Gasteiger partial charge on any atom is -0.491 e. The number of carbonyl (C=O) groups is 1. The van der Waals surface area contributed by atoms with Crippen molar-refractivity contribution >= 4 is 39.9 Å². The number of hydrogen-bond acceptors (Lipinski definition) is 3. The normalized spacial score (nSPS) is 20.6. The van der Waals surface area contributed by atoms with E-state index in [2.05, 4.69) is 21.2 Å². The maximum absolute atomic E-state index is 12.4. The lowest BCUT2D eigenvalue weighted by atomic mass is 9.95. The third-order valence-corrected chi connectivity index (χ3v) is 4.27. The van der Waals surface area contributed by atoms with Gasteiger partial charge in [-0.15, -0.1) is 12.4 Å². The van der Waals surface area contributed by atoms with Crippen molar-refractivity contribution in [2.75, 3.05) is 11.9 Å². The van der Waals surface area contributed by atoms with Crippen molar-refractivity contribution in [1.29, 1.82) is 0 Å². The highest BCUT2D eigenvalue weighted by Crippen LogP contribution is 2.32. The van der Waals surface area contributed by atoms with E-state index in [1.807, 2.05) is 32.0 Å². The van der Waals surface area contributed by atoms with E-state index in [-0.39, 0.29) is 30.3 Å². The van der Waals surface area contributed by atoms with Crippen LogP contribution >= 0.6 is 28.3 Å². The second-order valence-electron chi connectivity index (χ2n) is 5.86. The molecular formula is C16H24BrClN2O2. The molecule has 124 valence electrons. The van der Waals surface area contributed by atoms with Crippen LogP contribution in [0.3, 0.4) is 0 Å². The summed E-state index contributed by atoms with van der Waals surface area (Å²) in [7, 11) is 0. The number of rotatable bonds is 5. The molecule has 0 aromatic heterocycles. The molecule has 0 spiro atoms. The standard InChI is InChI=1S/C16H23BrN2O2.ClH/c1-10(2)21-14-7-12(17)6-13(8-14)19-16(20)15-5-3-4-11(15)9-18;/h6-8,10-11,15H,3-5,9,18H2,1-2H3,(H,19,20);1H/t11-,15-;/m1./s1. The van der Waals surface area contributed by atoms with Crippen LogP contribution in [0, 0.1) is 11.8 Å². The smallest absolute Gasteiger partial charge is 0.227 e. The van der Waals surface area contributed by atoms with Gasteiger partial charge < -0.3 is 15.8 Å². The van der Waals surface area contributed by atoms with Gasteiger partial charge in [-0.1, -0.05) is 22.4 Å². The summed E-state index contributed by atoms with van der Waals surface area (Å²) in [6, 6.07) is 5.64. The third kappa shape index (κ3) is 5.14. The van der Waals surface area contributed by atoms with Gasteiger partial charge in [0.1, 0.15) is 5.75 Å². The number of nitrogens with two attached hydrogens (primary N) is 1. The Bertz CT molecular complexity index is 511. The highest BCUT2D eigenvalue weighted by atomic mass is 79.9. The molecule has 1 aromatic carbocycles. The lowest BCUT2D eigenvalue weighted by molar-refractivity contribution is -0.120. The molecule has 4 nitrogen and oxygen atoms in total. The first kappa shape index (κ1) is 19.3. The van der Waals surface area contributed by atoms with Crippen molar-refractivity contribution in [2.45, 2.75) is 39.2 Å². The molecule has 2 rings (SSSR count). The van der Waals surface area contributed by atoms with Crippen molar-refractivity contribution in [1.82, 2.24) is 0 Å². The number of halogens is 2. The zero-order chi connectivity index (χ0) is 15.4. The SMILES string of the molecule is CC(C)Oc1cc(Br)cc(NC(=O)[C@@H]2CCC[C@@H]2CN)c1.Cl. The second kappa shape index (κ2) is 8.75. The number of nitrogens with one attached hydrogen (secondary N) is 1. The van der Waals surface area contributed by atoms with Gasteiger partial charge >= 0.3 is 0 Å². The Kier molecular flexibility index (Phi) is 7.66. The molecule has 1 aliphatic rings. The van der Waals surface area contributed by atoms with E-state index >= 15 is 0 Å². The van der Waals surface area contributed by atoms with Crippen LogP contribution in [0.1, 0.15) is 33.1 Å². The van der Waals surface area contributed by atoms with Crippen LogP contribution in [0.25, 0.3) is 0 Å². The molecule has 1 aliphatic carbocycles. The van der Waals surface area contributed by atoms with E-state index in [1.54, 1.807) is 0 Å². The number of carbonyl (C=O) groups excluding carboxylic acids is 1. The molecular weight excluding hydrogens is 368 g/mol. The van der Waals surface area contributed by atoms with Crippen LogP contribution in [0.5, 0.6) is 5.75 Å². The van der Waals surface area contributed by atoms with Gasteiger partial charge in [0.2, 0.25) is 5.91 Å². The predicted octanol–water partition coefficient (Wildman–Crippen LogP) is 3.97. The molecule has 1 amide bonds. The van der Waals surface area contributed by atoms with Crippen molar-refractivity contribution in [2.24, 2.45) is 17.6 Å². The molecule has 0 unspecified atom stereocenters. The first-order valence-corrected chi connectivity index (χ1v) is 8.27. The Balaban J connectivity index is 0.00000242. The predicted molar refractivity (Wildman–Crippen MR) is 95.7 cm³/mol. The maximum atomic E-state index is 12.4. The topological polar surface area (TPSA) is 64.3 Å². The van der Waals surface area contributed by atoms with Crippen LogP contribution in [0.4, 0.5) is 5.69 Å².